The Balaban J connectivity index is 2.17. The molecular weight excluding hydrogens is 294 g/mol. The summed E-state index contributed by atoms with van der Waals surface area (Å²) in [4.78, 5) is 23.3. The monoisotopic (exact) mass is 321 g/mol. The van der Waals surface area contributed by atoms with Crippen molar-refractivity contribution in [2.75, 3.05) is 0 Å². The zero-order chi connectivity index (χ0) is 17.3. The fourth-order valence-electron chi connectivity index (χ4n) is 1.98. The van der Waals surface area contributed by atoms with Gasteiger partial charge >= 0.3 is 11.9 Å². The quantitative estimate of drug-likeness (QED) is 0.588. The highest BCUT2D eigenvalue weighted by molar-refractivity contribution is 5.75. The van der Waals surface area contributed by atoms with Crippen molar-refractivity contribution in [2.24, 2.45) is 5.73 Å². The number of hydrogen-bond acceptors (Lipinski definition) is 5. The molecule has 2 N–H and O–H groups in total. The average Bonchev–Trinajstić information content (AvgIpc) is 2.48. The molecule has 0 aromatic heterocycles. The molecule has 0 aliphatic heterocycles. The fourth-order valence-corrected chi connectivity index (χ4v) is 1.98. The van der Waals surface area contributed by atoms with E-state index in [-0.39, 0.29) is 12.6 Å². The SMILES string of the molecule is CC(C)(C)OC(=O)CCCCC(N)C(=O)OCc1ccccc1. The van der Waals surface area contributed by atoms with Crippen LogP contribution in [0.25, 0.3) is 0 Å². The molecule has 0 aliphatic carbocycles. The lowest BCUT2D eigenvalue weighted by Gasteiger charge is -2.19. The van der Waals surface area contributed by atoms with Crippen LogP contribution in [0.15, 0.2) is 30.3 Å². The van der Waals surface area contributed by atoms with Crippen molar-refractivity contribution in [3.05, 3.63) is 35.9 Å². The summed E-state index contributed by atoms with van der Waals surface area (Å²) >= 11 is 0. The van der Waals surface area contributed by atoms with Crippen LogP contribution in [0, 0.1) is 0 Å². The van der Waals surface area contributed by atoms with Crippen LogP contribution in [0.3, 0.4) is 0 Å². The second-order valence-corrected chi connectivity index (χ2v) is 6.53. The summed E-state index contributed by atoms with van der Waals surface area (Å²) in [6.45, 7) is 5.74. The van der Waals surface area contributed by atoms with E-state index in [1.807, 2.05) is 51.1 Å². The predicted octanol–water partition coefficient (Wildman–Crippen LogP) is 2.96. The van der Waals surface area contributed by atoms with Crippen molar-refractivity contribution >= 4 is 11.9 Å². The predicted molar refractivity (Wildman–Crippen MR) is 88.5 cm³/mol. The van der Waals surface area contributed by atoms with E-state index in [0.29, 0.717) is 25.7 Å². The highest BCUT2D eigenvalue weighted by Gasteiger charge is 2.17. The number of carbonyl (C=O) groups excluding carboxylic acids is 2. The zero-order valence-electron chi connectivity index (χ0n) is 14.2. The van der Waals surface area contributed by atoms with Crippen LogP contribution in [0.1, 0.15) is 52.0 Å². The van der Waals surface area contributed by atoms with E-state index in [1.165, 1.54) is 0 Å². The van der Waals surface area contributed by atoms with E-state index >= 15 is 0 Å². The van der Waals surface area contributed by atoms with Crippen molar-refractivity contribution in [3.8, 4) is 0 Å². The van der Waals surface area contributed by atoms with E-state index in [2.05, 4.69) is 0 Å². The summed E-state index contributed by atoms with van der Waals surface area (Å²) in [6, 6.07) is 8.80. The molecule has 1 aromatic rings. The highest BCUT2D eigenvalue weighted by atomic mass is 16.6. The van der Waals surface area contributed by atoms with Gasteiger partial charge in [0, 0.05) is 6.42 Å². The molecule has 5 nitrogen and oxygen atoms in total. The normalized spacial score (nSPS) is 12.5. The molecule has 0 amide bonds. The van der Waals surface area contributed by atoms with Crippen LogP contribution >= 0.6 is 0 Å². The van der Waals surface area contributed by atoms with E-state index in [1.54, 1.807) is 0 Å². The van der Waals surface area contributed by atoms with Gasteiger partial charge in [-0.3, -0.25) is 9.59 Å². The van der Waals surface area contributed by atoms with Gasteiger partial charge in [-0.1, -0.05) is 36.8 Å². The van der Waals surface area contributed by atoms with Gasteiger partial charge in [0.25, 0.3) is 0 Å². The van der Waals surface area contributed by atoms with E-state index < -0.39 is 17.6 Å². The molecule has 0 saturated heterocycles. The number of rotatable bonds is 8. The van der Waals surface area contributed by atoms with Gasteiger partial charge in [-0.2, -0.15) is 0 Å². The maximum absolute atomic E-state index is 11.8. The molecule has 5 heteroatoms. The third-order valence-electron chi connectivity index (χ3n) is 3.09. The third kappa shape index (κ3) is 8.98. The summed E-state index contributed by atoms with van der Waals surface area (Å²) in [5.41, 5.74) is 6.27. The number of ether oxygens (including phenoxy) is 2. The van der Waals surface area contributed by atoms with Gasteiger partial charge in [0.2, 0.25) is 0 Å². The minimum absolute atomic E-state index is 0.224. The first-order valence-electron chi connectivity index (χ1n) is 7.96. The van der Waals surface area contributed by atoms with Crippen LogP contribution in [0.4, 0.5) is 0 Å². The van der Waals surface area contributed by atoms with E-state index in [4.69, 9.17) is 15.2 Å². The Hall–Kier alpha value is -1.88. The second-order valence-electron chi connectivity index (χ2n) is 6.53. The Morgan fingerprint density at radius 2 is 1.78 bits per heavy atom. The van der Waals surface area contributed by atoms with Gasteiger partial charge in [-0.25, -0.2) is 0 Å². The fraction of sp³-hybridized carbons (Fsp3) is 0.556. The second kappa shape index (κ2) is 9.30. The van der Waals surface area contributed by atoms with Crippen LogP contribution in [0.2, 0.25) is 0 Å². The van der Waals surface area contributed by atoms with E-state index in [0.717, 1.165) is 5.56 Å². The van der Waals surface area contributed by atoms with Gasteiger partial charge in [0.05, 0.1) is 0 Å². The van der Waals surface area contributed by atoms with Crippen LogP contribution in [-0.2, 0) is 25.7 Å². The van der Waals surface area contributed by atoms with Crippen LogP contribution in [0.5, 0.6) is 0 Å². The standard InChI is InChI=1S/C18H27NO4/c1-18(2,3)23-16(20)12-8-7-11-15(19)17(21)22-13-14-9-5-4-6-10-14/h4-6,9-10,15H,7-8,11-13,19H2,1-3H3. The van der Waals surface area contributed by atoms with Crippen molar-refractivity contribution in [3.63, 3.8) is 0 Å². The Labute approximate surface area is 138 Å². The van der Waals surface area contributed by atoms with Crippen molar-refractivity contribution in [1.29, 1.82) is 0 Å². The molecule has 0 fully saturated rings. The minimum Gasteiger partial charge on any atom is -0.460 e. The Bertz CT molecular complexity index is 493. The first-order chi connectivity index (χ1) is 10.8. The number of unbranched alkanes of at least 4 members (excludes halogenated alkanes) is 1. The highest BCUT2D eigenvalue weighted by Crippen LogP contribution is 2.11. The first kappa shape index (κ1) is 19.2. The smallest absolute Gasteiger partial charge is 0.323 e. The topological polar surface area (TPSA) is 78.6 Å². The molecule has 0 saturated carbocycles. The molecule has 0 aliphatic rings. The molecule has 1 atom stereocenters. The van der Waals surface area contributed by atoms with Gasteiger partial charge in [0.15, 0.2) is 0 Å². The van der Waals surface area contributed by atoms with Gasteiger partial charge in [-0.15, -0.1) is 0 Å². The molecule has 1 unspecified atom stereocenters. The summed E-state index contributed by atoms with van der Waals surface area (Å²) in [5, 5.41) is 0. The van der Waals surface area contributed by atoms with Gasteiger partial charge in [-0.05, 0) is 39.2 Å². The van der Waals surface area contributed by atoms with Crippen molar-refractivity contribution in [1.82, 2.24) is 0 Å². The van der Waals surface area contributed by atoms with Crippen LogP contribution < -0.4 is 5.73 Å². The number of carbonyl (C=O) groups is 2. The minimum atomic E-state index is -0.655. The Kier molecular flexibility index (Phi) is 7.75. The number of hydrogen-bond donors (Lipinski definition) is 1. The molecule has 0 radical (unpaired) electrons. The lowest BCUT2D eigenvalue weighted by Crippen LogP contribution is -2.32. The lowest BCUT2D eigenvalue weighted by molar-refractivity contribution is -0.154. The molecule has 0 bridgehead atoms. The lowest BCUT2D eigenvalue weighted by atomic mass is 10.1. The third-order valence-corrected chi connectivity index (χ3v) is 3.09. The Morgan fingerprint density at radius 1 is 1.13 bits per heavy atom. The largest absolute Gasteiger partial charge is 0.460 e. The summed E-state index contributed by atoms with van der Waals surface area (Å²) in [6.07, 6.45) is 2.16. The Morgan fingerprint density at radius 3 is 2.39 bits per heavy atom. The maximum Gasteiger partial charge on any atom is 0.323 e. The molecule has 23 heavy (non-hydrogen) atoms. The van der Waals surface area contributed by atoms with Gasteiger partial charge in [0.1, 0.15) is 18.2 Å². The first-order valence-corrected chi connectivity index (χ1v) is 7.96. The summed E-state index contributed by atoms with van der Waals surface area (Å²) in [7, 11) is 0. The van der Waals surface area contributed by atoms with Crippen molar-refractivity contribution in [2.45, 2.75) is 64.7 Å². The summed E-state index contributed by atoms with van der Waals surface area (Å²) < 4.78 is 10.4. The van der Waals surface area contributed by atoms with Crippen LogP contribution in [-0.4, -0.2) is 23.6 Å². The van der Waals surface area contributed by atoms with Crippen molar-refractivity contribution < 1.29 is 19.1 Å². The molecular formula is C18H27NO4. The molecule has 0 spiro atoms. The molecule has 1 rings (SSSR count). The number of nitrogens with two attached hydrogens (primary N) is 1. The zero-order valence-corrected chi connectivity index (χ0v) is 14.2. The summed E-state index contributed by atoms with van der Waals surface area (Å²) in [5.74, 6) is -0.635. The number of benzene rings is 1. The van der Waals surface area contributed by atoms with E-state index in [9.17, 15) is 9.59 Å². The molecule has 128 valence electrons. The average molecular weight is 321 g/mol. The van der Waals surface area contributed by atoms with Gasteiger partial charge < -0.3 is 15.2 Å². The molecule has 1 aromatic carbocycles. The maximum atomic E-state index is 11.8. The number of esters is 2. The molecule has 0 heterocycles.